The van der Waals surface area contributed by atoms with Crippen molar-refractivity contribution in [3.05, 3.63) is 0 Å². The van der Waals surface area contributed by atoms with Crippen LogP contribution >= 0.6 is 0 Å². The highest BCUT2D eigenvalue weighted by Gasteiger charge is 2.61. The standard InChI is InChI=1S/C15H28N2O/c1-14(2)11-6-8-15(14,3)12(10-11)16-13(18)7-9-17(4)5/h11-12H,6-10H2,1-5H3,(H,16,18)/t11-,12+,15-/m1/s1. The molecule has 3 nitrogen and oxygen atoms in total. The predicted molar refractivity (Wildman–Crippen MR) is 74.3 cm³/mol. The summed E-state index contributed by atoms with van der Waals surface area (Å²) in [6.07, 6.45) is 4.40. The van der Waals surface area contributed by atoms with Crippen LogP contribution in [0, 0.1) is 16.7 Å². The van der Waals surface area contributed by atoms with Crippen LogP contribution in [0.15, 0.2) is 0 Å². The molecule has 1 N–H and O–H groups in total. The lowest BCUT2D eigenvalue weighted by Gasteiger charge is -2.39. The van der Waals surface area contributed by atoms with Gasteiger partial charge in [-0.25, -0.2) is 0 Å². The Morgan fingerprint density at radius 1 is 1.33 bits per heavy atom. The van der Waals surface area contributed by atoms with E-state index in [0.29, 0.717) is 23.3 Å². The van der Waals surface area contributed by atoms with Crippen molar-refractivity contribution in [2.75, 3.05) is 20.6 Å². The van der Waals surface area contributed by atoms with Gasteiger partial charge < -0.3 is 10.2 Å². The maximum atomic E-state index is 12.0. The summed E-state index contributed by atoms with van der Waals surface area (Å²) in [7, 11) is 4.02. The maximum absolute atomic E-state index is 12.0. The lowest BCUT2D eigenvalue weighted by atomic mass is 9.69. The molecule has 18 heavy (non-hydrogen) atoms. The molecule has 2 rings (SSSR count). The van der Waals surface area contributed by atoms with E-state index in [0.717, 1.165) is 12.5 Å². The van der Waals surface area contributed by atoms with Gasteiger partial charge in [-0.3, -0.25) is 4.79 Å². The van der Waals surface area contributed by atoms with Crippen molar-refractivity contribution in [3.8, 4) is 0 Å². The van der Waals surface area contributed by atoms with Gasteiger partial charge >= 0.3 is 0 Å². The first kappa shape index (κ1) is 13.9. The van der Waals surface area contributed by atoms with Gasteiger partial charge in [-0.1, -0.05) is 20.8 Å². The average Bonchev–Trinajstić information content (AvgIpc) is 2.59. The molecule has 2 aliphatic rings. The zero-order valence-electron chi connectivity index (χ0n) is 12.5. The first-order valence-electron chi connectivity index (χ1n) is 7.21. The van der Waals surface area contributed by atoms with E-state index >= 15 is 0 Å². The Morgan fingerprint density at radius 2 is 2.00 bits per heavy atom. The van der Waals surface area contributed by atoms with Crippen LogP contribution in [0.2, 0.25) is 0 Å². The molecule has 0 aromatic carbocycles. The second-order valence-electron chi connectivity index (χ2n) is 7.28. The molecule has 0 aromatic rings. The Balaban J connectivity index is 1.94. The van der Waals surface area contributed by atoms with Crippen LogP contribution in [0.4, 0.5) is 0 Å². The minimum atomic E-state index is 0.221. The van der Waals surface area contributed by atoms with Gasteiger partial charge in [0, 0.05) is 19.0 Å². The Morgan fingerprint density at radius 3 is 2.44 bits per heavy atom. The Kier molecular flexibility index (Phi) is 3.48. The van der Waals surface area contributed by atoms with Crippen LogP contribution in [-0.4, -0.2) is 37.5 Å². The monoisotopic (exact) mass is 252 g/mol. The number of fused-ring (bicyclic) bond motifs is 2. The largest absolute Gasteiger partial charge is 0.353 e. The molecule has 0 saturated heterocycles. The van der Waals surface area contributed by atoms with Crippen molar-refractivity contribution in [2.45, 2.75) is 52.5 Å². The average molecular weight is 252 g/mol. The molecule has 3 atom stereocenters. The molecular weight excluding hydrogens is 224 g/mol. The van der Waals surface area contributed by atoms with E-state index in [-0.39, 0.29) is 5.91 Å². The summed E-state index contributed by atoms with van der Waals surface area (Å²) in [5.41, 5.74) is 0.679. The number of nitrogens with zero attached hydrogens (tertiary/aromatic N) is 1. The number of nitrogens with one attached hydrogen (secondary N) is 1. The highest BCUT2D eigenvalue weighted by Crippen LogP contribution is 2.65. The van der Waals surface area contributed by atoms with Crippen LogP contribution in [0.1, 0.15) is 46.5 Å². The summed E-state index contributed by atoms with van der Waals surface area (Å²) in [4.78, 5) is 14.1. The molecular formula is C15H28N2O. The number of hydrogen-bond donors (Lipinski definition) is 1. The number of hydrogen-bond acceptors (Lipinski definition) is 2. The molecule has 0 spiro atoms. The summed E-state index contributed by atoms with van der Waals surface area (Å²) in [6.45, 7) is 7.98. The fourth-order valence-corrected chi connectivity index (χ4v) is 4.01. The quantitative estimate of drug-likeness (QED) is 0.832. The van der Waals surface area contributed by atoms with Gasteiger partial charge in [0.2, 0.25) is 5.91 Å². The minimum absolute atomic E-state index is 0.221. The number of carbonyl (C=O) groups excluding carboxylic acids is 1. The van der Waals surface area contributed by atoms with Crippen LogP contribution in [0.5, 0.6) is 0 Å². The zero-order chi connectivity index (χ0) is 13.6. The van der Waals surface area contributed by atoms with Gasteiger partial charge in [0.15, 0.2) is 0 Å². The molecule has 2 bridgehead atoms. The van der Waals surface area contributed by atoms with Crippen LogP contribution in [-0.2, 0) is 4.79 Å². The molecule has 0 radical (unpaired) electrons. The highest BCUT2D eigenvalue weighted by atomic mass is 16.1. The number of carbonyl (C=O) groups is 1. The minimum Gasteiger partial charge on any atom is -0.353 e. The predicted octanol–water partition coefficient (Wildman–Crippen LogP) is 2.27. The Bertz CT molecular complexity index is 337. The van der Waals surface area contributed by atoms with Crippen molar-refractivity contribution < 1.29 is 4.79 Å². The fraction of sp³-hybridized carbons (Fsp3) is 0.933. The molecule has 0 heterocycles. The summed E-state index contributed by atoms with van der Waals surface area (Å²) in [5, 5.41) is 3.30. The second-order valence-corrected chi connectivity index (χ2v) is 7.28. The fourth-order valence-electron chi connectivity index (χ4n) is 4.01. The zero-order valence-corrected chi connectivity index (χ0v) is 12.5. The topological polar surface area (TPSA) is 32.3 Å². The van der Waals surface area contributed by atoms with Crippen molar-refractivity contribution >= 4 is 5.91 Å². The molecule has 1 amide bonds. The molecule has 2 aliphatic carbocycles. The molecule has 3 heteroatoms. The van der Waals surface area contributed by atoms with E-state index in [4.69, 9.17) is 0 Å². The van der Waals surface area contributed by atoms with Crippen molar-refractivity contribution in [1.82, 2.24) is 10.2 Å². The van der Waals surface area contributed by atoms with E-state index in [1.54, 1.807) is 0 Å². The van der Waals surface area contributed by atoms with E-state index < -0.39 is 0 Å². The lowest BCUT2D eigenvalue weighted by Crippen LogP contribution is -2.47. The summed E-state index contributed by atoms with van der Waals surface area (Å²) in [6, 6.07) is 0.390. The lowest BCUT2D eigenvalue weighted by molar-refractivity contribution is -0.123. The third-order valence-corrected chi connectivity index (χ3v) is 5.92. The smallest absolute Gasteiger partial charge is 0.221 e. The van der Waals surface area contributed by atoms with Gasteiger partial charge in [0.1, 0.15) is 0 Å². The van der Waals surface area contributed by atoms with Gasteiger partial charge in [-0.05, 0) is 50.1 Å². The molecule has 2 fully saturated rings. The summed E-state index contributed by atoms with van der Waals surface area (Å²) < 4.78 is 0. The third kappa shape index (κ3) is 2.07. The van der Waals surface area contributed by atoms with Crippen molar-refractivity contribution in [2.24, 2.45) is 16.7 Å². The van der Waals surface area contributed by atoms with Gasteiger partial charge in [-0.2, -0.15) is 0 Å². The first-order valence-corrected chi connectivity index (χ1v) is 7.21. The normalized spacial score (nSPS) is 37.2. The molecule has 0 unspecified atom stereocenters. The molecule has 0 aliphatic heterocycles. The van der Waals surface area contributed by atoms with Gasteiger partial charge in [-0.15, -0.1) is 0 Å². The second kappa shape index (κ2) is 4.52. The molecule has 2 saturated carbocycles. The van der Waals surface area contributed by atoms with Gasteiger partial charge in [0.25, 0.3) is 0 Å². The Labute approximate surface area is 111 Å². The first-order chi connectivity index (χ1) is 8.27. The van der Waals surface area contributed by atoms with E-state index in [2.05, 4.69) is 31.0 Å². The van der Waals surface area contributed by atoms with Crippen LogP contribution < -0.4 is 5.32 Å². The maximum Gasteiger partial charge on any atom is 0.221 e. The van der Waals surface area contributed by atoms with E-state index in [9.17, 15) is 4.79 Å². The van der Waals surface area contributed by atoms with Crippen molar-refractivity contribution in [1.29, 1.82) is 0 Å². The van der Waals surface area contributed by atoms with Crippen LogP contribution in [0.3, 0.4) is 0 Å². The molecule has 0 aromatic heterocycles. The van der Waals surface area contributed by atoms with E-state index in [1.165, 1.54) is 19.3 Å². The highest BCUT2D eigenvalue weighted by molar-refractivity contribution is 5.76. The Hall–Kier alpha value is -0.570. The number of amides is 1. The third-order valence-electron chi connectivity index (χ3n) is 5.92. The molecule has 104 valence electrons. The van der Waals surface area contributed by atoms with Gasteiger partial charge in [0.05, 0.1) is 0 Å². The number of rotatable bonds is 4. The van der Waals surface area contributed by atoms with E-state index in [1.807, 2.05) is 14.1 Å². The summed E-state index contributed by atoms with van der Waals surface area (Å²) >= 11 is 0. The summed E-state index contributed by atoms with van der Waals surface area (Å²) in [5.74, 6) is 1.01. The van der Waals surface area contributed by atoms with Crippen LogP contribution in [0.25, 0.3) is 0 Å². The van der Waals surface area contributed by atoms with Crippen molar-refractivity contribution in [3.63, 3.8) is 0 Å². The SMILES string of the molecule is CN(C)CCC(=O)N[C@H]1C[C@H]2CC[C@@]1(C)C2(C)C.